The normalized spacial score (nSPS) is 17.7. The second-order valence-corrected chi connectivity index (χ2v) is 16.0. The van der Waals surface area contributed by atoms with Gasteiger partial charge in [0, 0.05) is 45.2 Å². The van der Waals surface area contributed by atoms with Crippen molar-refractivity contribution in [2.75, 3.05) is 31.6 Å². The van der Waals surface area contributed by atoms with Crippen molar-refractivity contribution in [3.8, 4) is 11.3 Å². The van der Waals surface area contributed by atoms with Crippen molar-refractivity contribution < 1.29 is 17.9 Å². The van der Waals surface area contributed by atoms with Crippen LogP contribution in [-0.4, -0.2) is 71.0 Å². The van der Waals surface area contributed by atoms with Crippen molar-refractivity contribution in [3.05, 3.63) is 36.8 Å². The zero-order valence-corrected chi connectivity index (χ0v) is 21.5. The van der Waals surface area contributed by atoms with Crippen molar-refractivity contribution in [2.45, 2.75) is 57.5 Å². The molecule has 35 heavy (non-hydrogen) atoms. The second-order valence-electron chi connectivity index (χ2n) is 10.3. The van der Waals surface area contributed by atoms with E-state index in [0.717, 1.165) is 35.8 Å². The molecule has 4 rings (SSSR count). The van der Waals surface area contributed by atoms with Gasteiger partial charge in [-0.25, -0.2) is 15.0 Å². The fourth-order valence-corrected chi connectivity index (χ4v) is 4.98. The quantitative estimate of drug-likeness (QED) is 0.316. The Morgan fingerprint density at radius 2 is 2.03 bits per heavy atom. The molecule has 0 aliphatic carbocycles. The van der Waals surface area contributed by atoms with Gasteiger partial charge in [0.25, 0.3) is 0 Å². The van der Waals surface area contributed by atoms with E-state index < -0.39 is 20.8 Å². The summed E-state index contributed by atoms with van der Waals surface area (Å²) in [5.41, 5.74) is 2.93. The number of rotatable bonds is 9. The fraction of sp³-hybridized carbons (Fsp3) is 0.542. The number of aromatic nitrogens is 4. The number of fused-ring (bicyclic) bond motifs is 1. The molecule has 3 aromatic heterocycles. The second kappa shape index (κ2) is 10.6. The van der Waals surface area contributed by atoms with Crippen LogP contribution in [-0.2, 0) is 11.5 Å². The van der Waals surface area contributed by atoms with Crippen LogP contribution in [0.4, 0.5) is 19.0 Å². The molecule has 1 aliphatic heterocycles. The summed E-state index contributed by atoms with van der Waals surface area (Å²) in [6.07, 6.45) is 2.59. The third-order valence-electron chi connectivity index (χ3n) is 6.02. The van der Waals surface area contributed by atoms with Crippen LogP contribution in [0.25, 0.3) is 22.4 Å². The molecule has 0 spiro atoms. The number of halogens is 3. The number of ether oxygens (including phenoxy) is 1. The summed E-state index contributed by atoms with van der Waals surface area (Å²) in [6, 6.07) is 6.62. The highest BCUT2D eigenvalue weighted by Gasteiger charge is 2.33. The summed E-state index contributed by atoms with van der Waals surface area (Å²) in [5, 5.41) is 3.35. The van der Waals surface area contributed by atoms with Gasteiger partial charge in [0.15, 0.2) is 5.65 Å². The maximum absolute atomic E-state index is 12.8. The van der Waals surface area contributed by atoms with Crippen LogP contribution in [0.3, 0.4) is 0 Å². The zero-order valence-electron chi connectivity index (χ0n) is 20.5. The van der Waals surface area contributed by atoms with Gasteiger partial charge in [0.05, 0.1) is 18.4 Å². The number of pyridine rings is 1. The highest BCUT2D eigenvalue weighted by atomic mass is 28.3. The summed E-state index contributed by atoms with van der Waals surface area (Å²) in [6.45, 7) is 8.01. The number of anilines is 1. The van der Waals surface area contributed by atoms with Crippen LogP contribution in [0, 0.1) is 0 Å². The molecule has 1 fully saturated rings. The van der Waals surface area contributed by atoms with E-state index in [4.69, 9.17) is 9.72 Å². The molecule has 1 saturated heterocycles. The van der Waals surface area contributed by atoms with Gasteiger partial charge < -0.3 is 14.6 Å². The average molecular weight is 507 g/mol. The highest BCUT2D eigenvalue weighted by molar-refractivity contribution is 6.76. The minimum atomic E-state index is -4.20. The van der Waals surface area contributed by atoms with Crippen molar-refractivity contribution in [1.82, 2.24) is 24.4 Å². The summed E-state index contributed by atoms with van der Waals surface area (Å²) >= 11 is 0. The molecule has 0 radical (unpaired) electrons. The number of likely N-dealkylation sites (tertiary alicyclic amines) is 1. The molecule has 11 heteroatoms. The average Bonchev–Trinajstić information content (AvgIpc) is 3.18. The molecule has 1 N–H and O–H groups in total. The molecular weight excluding hydrogens is 473 g/mol. The minimum absolute atomic E-state index is 0.120. The van der Waals surface area contributed by atoms with E-state index in [0.29, 0.717) is 37.8 Å². The number of piperidine rings is 1. The van der Waals surface area contributed by atoms with Crippen LogP contribution in [0.15, 0.2) is 36.8 Å². The van der Waals surface area contributed by atoms with E-state index in [1.165, 1.54) is 4.90 Å². The van der Waals surface area contributed by atoms with Gasteiger partial charge in [-0.1, -0.05) is 19.6 Å². The SMILES string of the molecule is C[Si](C)(C)CCOCn1ccc2nc(-c3cccnc3N[C@H]3CCCN(CC(F)(F)F)C3)cnc21. The Hall–Kier alpha value is -2.50. The van der Waals surface area contributed by atoms with Gasteiger partial charge in [-0.3, -0.25) is 4.90 Å². The summed E-state index contributed by atoms with van der Waals surface area (Å²) < 4.78 is 46.3. The van der Waals surface area contributed by atoms with Crippen LogP contribution >= 0.6 is 0 Å². The Balaban J connectivity index is 1.46. The van der Waals surface area contributed by atoms with Gasteiger partial charge >= 0.3 is 6.18 Å². The molecule has 0 saturated carbocycles. The molecule has 1 aliphatic rings. The van der Waals surface area contributed by atoms with E-state index in [-0.39, 0.29) is 6.04 Å². The molecule has 0 unspecified atom stereocenters. The third kappa shape index (κ3) is 7.25. The molecule has 7 nitrogen and oxygen atoms in total. The van der Waals surface area contributed by atoms with Crippen molar-refractivity contribution in [2.24, 2.45) is 0 Å². The molecule has 0 bridgehead atoms. The number of alkyl halides is 3. The number of nitrogens with one attached hydrogen (secondary N) is 1. The van der Waals surface area contributed by atoms with E-state index in [2.05, 4.69) is 34.9 Å². The molecule has 0 aromatic carbocycles. The summed E-state index contributed by atoms with van der Waals surface area (Å²) in [7, 11) is -1.14. The lowest BCUT2D eigenvalue weighted by molar-refractivity contribution is -0.147. The zero-order chi connectivity index (χ0) is 25.1. The molecular formula is C24H33F3N6OSi. The minimum Gasteiger partial charge on any atom is -0.365 e. The maximum atomic E-state index is 12.8. The van der Waals surface area contributed by atoms with Crippen molar-refractivity contribution >= 4 is 25.1 Å². The van der Waals surface area contributed by atoms with Crippen molar-refractivity contribution in [1.29, 1.82) is 0 Å². The largest absolute Gasteiger partial charge is 0.401 e. The first kappa shape index (κ1) is 25.6. The Labute approximate surface area is 204 Å². The molecule has 0 amide bonds. The first-order valence-electron chi connectivity index (χ1n) is 12.0. The molecule has 4 heterocycles. The van der Waals surface area contributed by atoms with Gasteiger partial charge in [0.2, 0.25) is 0 Å². The van der Waals surface area contributed by atoms with E-state index in [9.17, 15) is 13.2 Å². The van der Waals surface area contributed by atoms with Crippen LogP contribution in [0.5, 0.6) is 0 Å². The lowest BCUT2D eigenvalue weighted by Gasteiger charge is -2.34. The first-order chi connectivity index (χ1) is 16.6. The van der Waals surface area contributed by atoms with Crippen molar-refractivity contribution in [3.63, 3.8) is 0 Å². The maximum Gasteiger partial charge on any atom is 0.401 e. The monoisotopic (exact) mass is 506 g/mol. The third-order valence-corrected chi connectivity index (χ3v) is 7.73. The Bertz CT molecular complexity index is 1130. The van der Waals surface area contributed by atoms with Crippen LogP contribution in [0.1, 0.15) is 12.8 Å². The highest BCUT2D eigenvalue weighted by Crippen LogP contribution is 2.28. The van der Waals surface area contributed by atoms with Crippen LogP contribution < -0.4 is 5.32 Å². The summed E-state index contributed by atoms with van der Waals surface area (Å²) in [5.74, 6) is 0.606. The predicted molar refractivity (Wildman–Crippen MR) is 134 cm³/mol. The van der Waals surface area contributed by atoms with Gasteiger partial charge in [-0.2, -0.15) is 13.2 Å². The van der Waals surface area contributed by atoms with Gasteiger partial charge in [-0.05, 0) is 43.6 Å². The van der Waals surface area contributed by atoms with Gasteiger partial charge in [-0.15, -0.1) is 0 Å². The summed E-state index contributed by atoms with van der Waals surface area (Å²) in [4.78, 5) is 15.3. The van der Waals surface area contributed by atoms with Crippen LogP contribution in [0.2, 0.25) is 25.7 Å². The molecule has 3 aromatic rings. The lowest BCUT2D eigenvalue weighted by atomic mass is 10.0. The number of hydrogen-bond donors (Lipinski definition) is 1. The Morgan fingerprint density at radius 1 is 1.20 bits per heavy atom. The standard InChI is InChI=1S/C24H33F3N6OSi/c1-35(2,3)13-12-34-17-33-11-8-20-23(33)29-14-21(31-20)19-7-4-9-28-22(19)30-18-6-5-10-32(15-18)16-24(25,26)27/h4,7-9,11,14,18H,5-6,10,12-13,15-17H2,1-3H3,(H,28,30)/t18-/m0/s1. The van der Waals surface area contributed by atoms with Gasteiger partial charge in [0.1, 0.15) is 18.1 Å². The van der Waals surface area contributed by atoms with E-state index >= 15 is 0 Å². The van der Waals surface area contributed by atoms with E-state index in [1.807, 2.05) is 29.0 Å². The lowest BCUT2D eigenvalue weighted by Crippen LogP contribution is -2.46. The molecule has 190 valence electrons. The Kier molecular flexibility index (Phi) is 7.77. The first-order valence-corrected chi connectivity index (χ1v) is 15.7. The smallest absolute Gasteiger partial charge is 0.365 e. The fourth-order valence-electron chi connectivity index (χ4n) is 4.23. The topological polar surface area (TPSA) is 68.1 Å². The van der Waals surface area contributed by atoms with E-state index in [1.54, 1.807) is 12.4 Å². The predicted octanol–water partition coefficient (Wildman–Crippen LogP) is 5.24. The molecule has 1 atom stereocenters. The number of nitrogens with zero attached hydrogens (tertiary/aromatic N) is 5. The number of hydrogen-bond acceptors (Lipinski definition) is 6. The Morgan fingerprint density at radius 3 is 2.80 bits per heavy atom.